The molecule has 28 heavy (non-hydrogen) atoms. The number of nitrogens with zero attached hydrogens (tertiary/aromatic N) is 4. The second-order valence-corrected chi connectivity index (χ2v) is 6.63. The van der Waals surface area contributed by atoms with Crippen molar-refractivity contribution in [1.82, 2.24) is 19.6 Å². The average molecular weight is 378 g/mol. The van der Waals surface area contributed by atoms with Crippen molar-refractivity contribution in [1.29, 1.82) is 0 Å². The summed E-state index contributed by atoms with van der Waals surface area (Å²) in [6.45, 7) is 2.66. The van der Waals surface area contributed by atoms with Gasteiger partial charge in [-0.3, -0.25) is 9.50 Å². The second kappa shape index (κ2) is 6.97. The van der Waals surface area contributed by atoms with Crippen LogP contribution in [-0.2, 0) is 4.74 Å². The molecule has 2 N–H and O–H groups in total. The summed E-state index contributed by atoms with van der Waals surface area (Å²) in [4.78, 5) is 6.46. The van der Waals surface area contributed by atoms with E-state index in [1.807, 2.05) is 46.0 Å². The fraction of sp³-hybridized carbons (Fsp3) is 0.200. The lowest BCUT2D eigenvalue weighted by Gasteiger charge is -2.29. The fourth-order valence-corrected chi connectivity index (χ4v) is 3.54. The minimum atomic E-state index is -0.249. The molecule has 4 aromatic rings. The lowest BCUT2D eigenvalue weighted by molar-refractivity contribution is 0.122. The van der Waals surface area contributed by atoms with Crippen molar-refractivity contribution in [3.63, 3.8) is 0 Å². The predicted octanol–water partition coefficient (Wildman–Crippen LogP) is 3.44. The van der Waals surface area contributed by atoms with Crippen LogP contribution in [-0.4, -0.2) is 45.9 Å². The van der Waals surface area contributed by atoms with Gasteiger partial charge in [-0.05, 0) is 30.3 Å². The summed E-state index contributed by atoms with van der Waals surface area (Å²) in [6.07, 6.45) is 7.24. The smallest absolute Gasteiger partial charge is 0.161 e. The molecule has 0 atom stereocenters. The van der Waals surface area contributed by atoms with Gasteiger partial charge in [0, 0.05) is 42.9 Å². The van der Waals surface area contributed by atoms with E-state index in [1.54, 1.807) is 12.4 Å². The zero-order valence-electron chi connectivity index (χ0n) is 15.1. The fourth-order valence-electron chi connectivity index (χ4n) is 3.54. The van der Waals surface area contributed by atoms with Crippen LogP contribution in [0.25, 0.3) is 16.9 Å². The summed E-state index contributed by atoms with van der Waals surface area (Å²) in [5, 5.41) is 10.1. The molecule has 0 spiro atoms. The number of imidazole rings is 1. The van der Waals surface area contributed by atoms with Crippen molar-refractivity contribution >= 4 is 22.7 Å². The first kappa shape index (κ1) is 16.8. The lowest BCUT2D eigenvalue weighted by atomic mass is 10.2. The minimum absolute atomic E-state index is 0.249. The van der Waals surface area contributed by atoms with Gasteiger partial charge in [-0.1, -0.05) is 0 Å². The molecule has 4 heterocycles. The molecule has 5 rings (SSSR count). The molecule has 0 saturated carbocycles. The monoisotopic (exact) mass is 378 g/mol. The molecule has 142 valence electrons. The Morgan fingerprint density at radius 2 is 2.04 bits per heavy atom. The van der Waals surface area contributed by atoms with Crippen LogP contribution in [0, 0.1) is 5.82 Å². The number of hydrogen-bond acceptors (Lipinski definition) is 5. The first-order valence-corrected chi connectivity index (χ1v) is 9.14. The minimum Gasteiger partial charge on any atom is -0.378 e. The molecular formula is C20H19FN6O. The molecule has 1 fully saturated rings. The molecule has 8 heteroatoms. The third-order valence-electron chi connectivity index (χ3n) is 4.92. The summed E-state index contributed by atoms with van der Waals surface area (Å²) >= 11 is 0. The number of H-pyrrole nitrogens is 1. The maximum absolute atomic E-state index is 14.7. The van der Waals surface area contributed by atoms with E-state index >= 15 is 0 Å². The van der Waals surface area contributed by atoms with Gasteiger partial charge in [0.15, 0.2) is 5.65 Å². The number of ether oxygens (including phenoxy) is 1. The zero-order chi connectivity index (χ0) is 18.9. The van der Waals surface area contributed by atoms with Crippen LogP contribution in [0.5, 0.6) is 0 Å². The zero-order valence-corrected chi connectivity index (χ0v) is 15.1. The van der Waals surface area contributed by atoms with Gasteiger partial charge in [-0.25, -0.2) is 9.37 Å². The Morgan fingerprint density at radius 3 is 2.82 bits per heavy atom. The van der Waals surface area contributed by atoms with Crippen molar-refractivity contribution in [2.45, 2.75) is 0 Å². The quantitative estimate of drug-likeness (QED) is 0.569. The van der Waals surface area contributed by atoms with Gasteiger partial charge in [0.25, 0.3) is 0 Å². The normalized spacial score (nSPS) is 14.5. The Balaban J connectivity index is 1.45. The van der Waals surface area contributed by atoms with Gasteiger partial charge < -0.3 is 15.0 Å². The number of nitrogens with one attached hydrogen (secondary N) is 2. The van der Waals surface area contributed by atoms with Crippen molar-refractivity contribution < 1.29 is 9.13 Å². The van der Waals surface area contributed by atoms with Crippen LogP contribution in [0.1, 0.15) is 0 Å². The summed E-state index contributed by atoms with van der Waals surface area (Å²) in [6, 6.07) is 9.15. The van der Waals surface area contributed by atoms with E-state index in [2.05, 4.69) is 20.5 Å². The summed E-state index contributed by atoms with van der Waals surface area (Å²) in [5.74, 6) is -0.249. The maximum Gasteiger partial charge on any atom is 0.161 e. The van der Waals surface area contributed by atoms with E-state index in [0.29, 0.717) is 37.7 Å². The molecule has 7 nitrogen and oxygen atoms in total. The van der Waals surface area contributed by atoms with Gasteiger partial charge in [0.1, 0.15) is 5.82 Å². The van der Waals surface area contributed by atoms with Crippen molar-refractivity contribution in [3.05, 3.63) is 60.9 Å². The van der Waals surface area contributed by atoms with Gasteiger partial charge in [0.05, 0.1) is 36.5 Å². The van der Waals surface area contributed by atoms with E-state index in [0.717, 1.165) is 22.6 Å². The molecule has 1 aliphatic rings. The number of halogens is 1. The number of morpholine rings is 1. The molecule has 1 aromatic carbocycles. The molecule has 1 aliphatic heterocycles. The Bertz CT molecular complexity index is 1100. The third-order valence-corrected chi connectivity index (χ3v) is 4.92. The van der Waals surface area contributed by atoms with E-state index in [-0.39, 0.29) is 5.82 Å². The standard InChI is InChI=1S/C20H19FN6O/c21-16-11-15(1-3-19(16)26-7-9-28-10-8-26)25-17-2-4-18(14-12-23-24-13-14)27-6-5-22-20(17)27/h1-6,11-13,25H,7-10H2,(H,23,24). The van der Waals surface area contributed by atoms with E-state index in [1.165, 1.54) is 6.07 Å². The number of anilines is 3. The van der Waals surface area contributed by atoms with Gasteiger partial charge in [-0.2, -0.15) is 5.10 Å². The first-order valence-electron chi connectivity index (χ1n) is 9.14. The van der Waals surface area contributed by atoms with Crippen LogP contribution in [0.3, 0.4) is 0 Å². The molecule has 0 radical (unpaired) electrons. The second-order valence-electron chi connectivity index (χ2n) is 6.63. The molecule has 0 bridgehead atoms. The highest BCUT2D eigenvalue weighted by atomic mass is 19.1. The van der Waals surface area contributed by atoms with Crippen molar-refractivity contribution in [3.8, 4) is 11.3 Å². The van der Waals surface area contributed by atoms with Crippen LogP contribution in [0.4, 0.5) is 21.5 Å². The topological polar surface area (TPSA) is 70.5 Å². The lowest BCUT2D eigenvalue weighted by Crippen LogP contribution is -2.36. The number of aromatic amines is 1. The Kier molecular flexibility index (Phi) is 4.17. The number of pyridine rings is 1. The molecule has 1 saturated heterocycles. The predicted molar refractivity (Wildman–Crippen MR) is 105 cm³/mol. The molecule has 3 aromatic heterocycles. The first-order chi connectivity index (χ1) is 13.8. The average Bonchev–Trinajstić information content (AvgIpc) is 3.42. The van der Waals surface area contributed by atoms with Gasteiger partial charge in [0.2, 0.25) is 0 Å². The number of aromatic nitrogens is 4. The number of fused-ring (bicyclic) bond motifs is 1. The number of hydrogen-bond donors (Lipinski definition) is 2. The molecular weight excluding hydrogens is 359 g/mol. The Hall–Kier alpha value is -3.39. The highest BCUT2D eigenvalue weighted by Gasteiger charge is 2.16. The maximum atomic E-state index is 14.7. The molecule has 0 amide bonds. The van der Waals surface area contributed by atoms with Crippen LogP contribution >= 0.6 is 0 Å². The van der Waals surface area contributed by atoms with E-state index in [9.17, 15) is 4.39 Å². The Labute approximate surface area is 160 Å². The summed E-state index contributed by atoms with van der Waals surface area (Å²) in [7, 11) is 0. The molecule has 0 aliphatic carbocycles. The van der Waals surface area contributed by atoms with Crippen LogP contribution in [0.15, 0.2) is 55.1 Å². The molecule has 0 unspecified atom stereocenters. The third kappa shape index (κ3) is 2.97. The van der Waals surface area contributed by atoms with Crippen molar-refractivity contribution in [2.24, 2.45) is 0 Å². The summed E-state index contributed by atoms with van der Waals surface area (Å²) in [5.41, 5.74) is 4.79. The Morgan fingerprint density at radius 1 is 1.14 bits per heavy atom. The summed E-state index contributed by atoms with van der Waals surface area (Å²) < 4.78 is 22.0. The van der Waals surface area contributed by atoms with E-state index < -0.39 is 0 Å². The van der Waals surface area contributed by atoms with Gasteiger partial charge >= 0.3 is 0 Å². The number of rotatable bonds is 4. The van der Waals surface area contributed by atoms with Crippen LogP contribution < -0.4 is 10.2 Å². The van der Waals surface area contributed by atoms with Crippen molar-refractivity contribution in [2.75, 3.05) is 36.5 Å². The van der Waals surface area contributed by atoms with E-state index in [4.69, 9.17) is 4.74 Å². The highest BCUT2D eigenvalue weighted by Crippen LogP contribution is 2.29. The largest absolute Gasteiger partial charge is 0.378 e. The SMILES string of the molecule is Fc1cc(Nc2ccc(-c3cn[nH]c3)n3ccnc23)ccc1N1CCOCC1. The van der Waals surface area contributed by atoms with Gasteiger partial charge in [-0.15, -0.1) is 0 Å². The number of benzene rings is 1. The van der Waals surface area contributed by atoms with Crippen LogP contribution in [0.2, 0.25) is 0 Å². The highest BCUT2D eigenvalue weighted by molar-refractivity contribution is 5.78.